The fraction of sp³-hybridized carbons (Fsp3) is 0.143. The third-order valence-electron chi connectivity index (χ3n) is 2.27. The normalized spacial score (nSPS) is 10.6. The minimum absolute atomic E-state index is 0.504. The van der Waals surface area contributed by atoms with Crippen LogP contribution in [-0.2, 0) is 17.9 Å². The van der Waals surface area contributed by atoms with E-state index in [2.05, 4.69) is 10.1 Å². The minimum atomic E-state index is 0.504. The summed E-state index contributed by atoms with van der Waals surface area (Å²) in [6, 6.07) is 13.9. The number of oxime groups is 1. The van der Waals surface area contributed by atoms with Crippen LogP contribution in [0.4, 0.5) is 0 Å². The highest BCUT2D eigenvalue weighted by molar-refractivity contribution is 5.60. The third kappa shape index (κ3) is 4.07. The summed E-state index contributed by atoms with van der Waals surface area (Å²) in [7, 11) is 0. The summed E-state index contributed by atoms with van der Waals surface area (Å²) in [4.78, 5) is 9.22. The van der Waals surface area contributed by atoms with Gasteiger partial charge in [0.25, 0.3) is 0 Å². The van der Waals surface area contributed by atoms with Gasteiger partial charge in [-0.25, -0.2) is 0 Å². The first-order valence-electron chi connectivity index (χ1n) is 5.52. The van der Waals surface area contributed by atoms with Crippen LogP contribution < -0.4 is 0 Å². The highest BCUT2D eigenvalue weighted by atomic mass is 16.6. The van der Waals surface area contributed by atoms with Gasteiger partial charge < -0.3 is 4.84 Å². The molecule has 3 nitrogen and oxygen atoms in total. The molecule has 17 heavy (non-hydrogen) atoms. The van der Waals surface area contributed by atoms with Crippen molar-refractivity contribution in [2.24, 2.45) is 5.16 Å². The average Bonchev–Trinajstić information content (AvgIpc) is 2.41. The molecule has 0 spiro atoms. The first-order chi connectivity index (χ1) is 8.45. The van der Waals surface area contributed by atoms with Crippen LogP contribution in [0.5, 0.6) is 0 Å². The molecule has 1 aromatic heterocycles. The molecule has 0 bridgehead atoms. The maximum absolute atomic E-state index is 5.19. The molecule has 1 heterocycles. The Morgan fingerprint density at radius 1 is 1.06 bits per heavy atom. The Morgan fingerprint density at radius 3 is 2.65 bits per heavy atom. The largest absolute Gasteiger partial charge is 0.391 e. The van der Waals surface area contributed by atoms with Crippen molar-refractivity contribution in [2.75, 3.05) is 0 Å². The molecule has 0 aliphatic rings. The number of pyridine rings is 1. The molecule has 0 amide bonds. The molecular formula is C14H14N2O. The van der Waals surface area contributed by atoms with Crippen molar-refractivity contribution in [3.63, 3.8) is 0 Å². The number of hydrogen-bond acceptors (Lipinski definition) is 3. The molecule has 3 heteroatoms. The monoisotopic (exact) mass is 226 g/mol. The molecule has 2 rings (SSSR count). The summed E-state index contributed by atoms with van der Waals surface area (Å²) >= 11 is 0. The number of nitrogens with zero attached hydrogens (tertiary/aromatic N) is 2. The van der Waals surface area contributed by atoms with E-state index >= 15 is 0 Å². The zero-order valence-corrected chi connectivity index (χ0v) is 9.49. The molecule has 0 atom stereocenters. The fourth-order valence-corrected chi connectivity index (χ4v) is 1.40. The van der Waals surface area contributed by atoms with E-state index in [1.807, 2.05) is 48.7 Å². The van der Waals surface area contributed by atoms with Crippen molar-refractivity contribution < 1.29 is 4.84 Å². The second-order valence-electron chi connectivity index (χ2n) is 3.61. The fourth-order valence-electron chi connectivity index (χ4n) is 1.40. The summed E-state index contributed by atoms with van der Waals surface area (Å²) in [5.41, 5.74) is 2.24. The van der Waals surface area contributed by atoms with Crippen LogP contribution in [0.1, 0.15) is 11.1 Å². The van der Waals surface area contributed by atoms with E-state index in [0.717, 1.165) is 17.5 Å². The Balaban J connectivity index is 1.72. The standard InChI is InChI=1S/C14H14N2O/c1-2-5-14(6-3-1)12-17-16-10-8-13-7-4-9-15-11-13/h1-7,9-11H,8,12H2/b16-10+. The van der Waals surface area contributed by atoms with Crippen molar-refractivity contribution in [1.82, 2.24) is 4.98 Å². The lowest BCUT2D eigenvalue weighted by Crippen LogP contribution is -1.90. The predicted molar refractivity (Wildman–Crippen MR) is 67.7 cm³/mol. The summed E-state index contributed by atoms with van der Waals surface area (Å²) in [5.74, 6) is 0. The lowest BCUT2D eigenvalue weighted by atomic mass is 10.2. The third-order valence-corrected chi connectivity index (χ3v) is 2.27. The Labute approximate surface area is 101 Å². The van der Waals surface area contributed by atoms with Crippen molar-refractivity contribution in [3.8, 4) is 0 Å². The van der Waals surface area contributed by atoms with Gasteiger partial charge in [-0.05, 0) is 17.2 Å². The molecule has 0 saturated carbocycles. The smallest absolute Gasteiger partial charge is 0.142 e. The molecule has 1 aromatic carbocycles. The van der Waals surface area contributed by atoms with Crippen molar-refractivity contribution in [3.05, 3.63) is 66.0 Å². The van der Waals surface area contributed by atoms with Gasteiger partial charge in [-0.2, -0.15) is 0 Å². The van der Waals surface area contributed by atoms with Gasteiger partial charge in [0.1, 0.15) is 6.61 Å². The van der Waals surface area contributed by atoms with Crippen LogP contribution in [0.25, 0.3) is 0 Å². The summed E-state index contributed by atoms with van der Waals surface area (Å²) in [6.45, 7) is 0.504. The lowest BCUT2D eigenvalue weighted by Gasteiger charge is -1.98. The van der Waals surface area contributed by atoms with Gasteiger partial charge in [-0.15, -0.1) is 0 Å². The van der Waals surface area contributed by atoms with Gasteiger partial charge in [-0.3, -0.25) is 4.98 Å². The van der Waals surface area contributed by atoms with Gasteiger partial charge in [-0.1, -0.05) is 41.6 Å². The highest BCUT2D eigenvalue weighted by Gasteiger charge is 1.90. The Bertz CT molecular complexity index is 454. The average molecular weight is 226 g/mol. The summed E-state index contributed by atoms with van der Waals surface area (Å²) in [6.07, 6.45) is 6.07. The van der Waals surface area contributed by atoms with Crippen molar-refractivity contribution in [2.45, 2.75) is 13.0 Å². The van der Waals surface area contributed by atoms with E-state index in [1.54, 1.807) is 12.4 Å². The SMILES string of the molecule is C(/Cc1cccnc1)=N\OCc1ccccc1. The van der Waals surface area contributed by atoms with Crippen LogP contribution in [0.15, 0.2) is 60.0 Å². The maximum atomic E-state index is 5.19. The topological polar surface area (TPSA) is 34.5 Å². The van der Waals surface area contributed by atoms with Gasteiger partial charge in [0, 0.05) is 25.0 Å². The van der Waals surface area contributed by atoms with E-state index < -0.39 is 0 Å². The van der Waals surface area contributed by atoms with Crippen molar-refractivity contribution in [1.29, 1.82) is 0 Å². The molecule has 0 N–H and O–H groups in total. The Morgan fingerprint density at radius 2 is 1.88 bits per heavy atom. The van der Waals surface area contributed by atoms with Gasteiger partial charge in [0.15, 0.2) is 0 Å². The first kappa shape index (κ1) is 11.3. The van der Waals surface area contributed by atoms with Crippen LogP contribution in [0.2, 0.25) is 0 Å². The lowest BCUT2D eigenvalue weighted by molar-refractivity contribution is 0.131. The number of hydrogen-bond donors (Lipinski definition) is 0. The Kier molecular flexibility index (Phi) is 4.28. The quantitative estimate of drug-likeness (QED) is 0.580. The molecular weight excluding hydrogens is 212 g/mol. The summed E-state index contributed by atoms with van der Waals surface area (Å²) < 4.78 is 0. The molecule has 0 aliphatic heterocycles. The van der Waals surface area contributed by atoms with Gasteiger partial charge in [0.2, 0.25) is 0 Å². The predicted octanol–water partition coefficient (Wildman–Crippen LogP) is 2.83. The first-order valence-corrected chi connectivity index (χ1v) is 5.52. The van der Waals surface area contributed by atoms with Crippen LogP contribution in [0, 0.1) is 0 Å². The highest BCUT2D eigenvalue weighted by Crippen LogP contribution is 2.00. The van der Waals surface area contributed by atoms with Crippen LogP contribution >= 0.6 is 0 Å². The van der Waals surface area contributed by atoms with Gasteiger partial charge >= 0.3 is 0 Å². The van der Waals surface area contributed by atoms with E-state index in [9.17, 15) is 0 Å². The van der Waals surface area contributed by atoms with Crippen LogP contribution in [0.3, 0.4) is 0 Å². The maximum Gasteiger partial charge on any atom is 0.142 e. The zero-order chi connectivity index (χ0) is 11.8. The van der Waals surface area contributed by atoms with E-state index in [-0.39, 0.29) is 0 Å². The molecule has 2 aromatic rings. The van der Waals surface area contributed by atoms with E-state index in [4.69, 9.17) is 4.84 Å². The van der Waals surface area contributed by atoms with E-state index in [0.29, 0.717) is 6.61 Å². The van der Waals surface area contributed by atoms with Crippen LogP contribution in [-0.4, -0.2) is 11.2 Å². The molecule has 0 radical (unpaired) electrons. The molecule has 0 saturated heterocycles. The Hall–Kier alpha value is -2.16. The minimum Gasteiger partial charge on any atom is -0.391 e. The molecule has 86 valence electrons. The second-order valence-corrected chi connectivity index (χ2v) is 3.61. The molecule has 0 fully saturated rings. The second kappa shape index (κ2) is 6.43. The number of rotatable bonds is 5. The zero-order valence-electron chi connectivity index (χ0n) is 9.49. The molecule has 0 aliphatic carbocycles. The number of benzene rings is 1. The van der Waals surface area contributed by atoms with Crippen molar-refractivity contribution >= 4 is 6.21 Å². The van der Waals surface area contributed by atoms with Gasteiger partial charge in [0.05, 0.1) is 0 Å². The van der Waals surface area contributed by atoms with E-state index in [1.165, 1.54) is 0 Å². The number of aromatic nitrogens is 1. The summed E-state index contributed by atoms with van der Waals surface area (Å²) in [5, 5.41) is 3.91. The molecule has 0 unspecified atom stereocenters.